The lowest BCUT2D eigenvalue weighted by atomic mass is 10.1. The fraction of sp³-hybridized carbons (Fsp3) is 0.500. The number of rotatable bonds is 3. The third-order valence-corrected chi connectivity index (χ3v) is 3.43. The van der Waals surface area contributed by atoms with E-state index in [4.69, 9.17) is 0 Å². The van der Waals surface area contributed by atoms with E-state index >= 15 is 0 Å². The number of halogens is 3. The molecule has 0 N–H and O–H groups in total. The van der Waals surface area contributed by atoms with Crippen molar-refractivity contribution in [2.24, 2.45) is 0 Å². The van der Waals surface area contributed by atoms with Gasteiger partial charge in [-0.05, 0) is 25.1 Å². The summed E-state index contributed by atoms with van der Waals surface area (Å²) in [7, 11) is 0. The summed E-state index contributed by atoms with van der Waals surface area (Å²) >= 11 is 0. The van der Waals surface area contributed by atoms with Crippen molar-refractivity contribution in [2.75, 3.05) is 32.7 Å². The first-order chi connectivity index (χ1) is 9.52. The standard InChI is InChI=1S/C14H17F3N2O/c1-2-3-18-4-6-19(7-5-18)14(20)10-8-11(15)13(17)12(16)9-10/h8-9H,2-7H2,1H3. The quantitative estimate of drug-likeness (QED) is 0.796. The molecule has 1 fully saturated rings. The maximum Gasteiger partial charge on any atom is 0.254 e. The molecule has 1 aliphatic heterocycles. The van der Waals surface area contributed by atoms with Crippen molar-refractivity contribution in [3.8, 4) is 0 Å². The van der Waals surface area contributed by atoms with Crippen LogP contribution in [0.4, 0.5) is 13.2 Å². The zero-order valence-corrected chi connectivity index (χ0v) is 11.3. The molecule has 0 radical (unpaired) electrons. The van der Waals surface area contributed by atoms with Gasteiger partial charge in [-0.15, -0.1) is 0 Å². The van der Waals surface area contributed by atoms with Crippen molar-refractivity contribution in [1.29, 1.82) is 0 Å². The van der Waals surface area contributed by atoms with Crippen LogP contribution in [0.15, 0.2) is 12.1 Å². The molecule has 0 atom stereocenters. The lowest BCUT2D eigenvalue weighted by molar-refractivity contribution is 0.0636. The van der Waals surface area contributed by atoms with Crippen LogP contribution in [0.1, 0.15) is 23.7 Å². The Kier molecular flexibility index (Phi) is 4.65. The van der Waals surface area contributed by atoms with Crippen LogP contribution < -0.4 is 0 Å². The summed E-state index contributed by atoms with van der Waals surface area (Å²) in [6.07, 6.45) is 1.04. The van der Waals surface area contributed by atoms with Gasteiger partial charge in [0.1, 0.15) is 0 Å². The maximum absolute atomic E-state index is 13.1. The van der Waals surface area contributed by atoms with Crippen LogP contribution in [0, 0.1) is 17.5 Å². The van der Waals surface area contributed by atoms with E-state index in [1.54, 1.807) is 0 Å². The van der Waals surface area contributed by atoms with E-state index in [0.717, 1.165) is 38.2 Å². The number of carbonyl (C=O) groups is 1. The van der Waals surface area contributed by atoms with Gasteiger partial charge in [0, 0.05) is 31.7 Å². The molecule has 0 unspecified atom stereocenters. The summed E-state index contributed by atoms with van der Waals surface area (Å²) in [5.74, 6) is -4.68. The van der Waals surface area contributed by atoms with Crippen molar-refractivity contribution in [3.63, 3.8) is 0 Å². The van der Waals surface area contributed by atoms with Crippen LogP contribution in [0.3, 0.4) is 0 Å². The number of hydrogen-bond acceptors (Lipinski definition) is 2. The highest BCUT2D eigenvalue weighted by Gasteiger charge is 2.23. The zero-order chi connectivity index (χ0) is 14.7. The first kappa shape index (κ1) is 14.8. The third-order valence-electron chi connectivity index (χ3n) is 3.43. The predicted molar refractivity (Wildman–Crippen MR) is 69.0 cm³/mol. The predicted octanol–water partition coefficient (Wildman–Crippen LogP) is 2.27. The monoisotopic (exact) mass is 286 g/mol. The molecule has 1 aromatic carbocycles. The molecule has 1 saturated heterocycles. The third kappa shape index (κ3) is 3.12. The van der Waals surface area contributed by atoms with Crippen molar-refractivity contribution in [1.82, 2.24) is 9.80 Å². The second kappa shape index (κ2) is 6.26. The summed E-state index contributed by atoms with van der Waals surface area (Å²) in [6, 6.07) is 1.50. The average molecular weight is 286 g/mol. The Bertz CT molecular complexity index is 476. The molecule has 3 nitrogen and oxygen atoms in total. The Morgan fingerprint density at radius 1 is 1.10 bits per heavy atom. The van der Waals surface area contributed by atoms with Gasteiger partial charge >= 0.3 is 0 Å². The van der Waals surface area contributed by atoms with Gasteiger partial charge < -0.3 is 4.90 Å². The van der Waals surface area contributed by atoms with Crippen LogP contribution in [0.25, 0.3) is 0 Å². The summed E-state index contributed by atoms with van der Waals surface area (Å²) in [5, 5.41) is 0. The first-order valence-corrected chi connectivity index (χ1v) is 6.69. The van der Waals surface area contributed by atoms with Crippen molar-refractivity contribution >= 4 is 5.91 Å². The molecule has 110 valence electrons. The molecule has 0 saturated carbocycles. The summed E-state index contributed by atoms with van der Waals surface area (Å²) in [6.45, 7) is 5.57. The molecule has 0 aromatic heterocycles. The number of benzene rings is 1. The Morgan fingerprint density at radius 3 is 2.15 bits per heavy atom. The molecule has 0 aliphatic carbocycles. The topological polar surface area (TPSA) is 23.6 Å². The second-order valence-corrected chi connectivity index (χ2v) is 4.89. The lowest BCUT2D eigenvalue weighted by Gasteiger charge is -2.34. The Balaban J connectivity index is 2.06. The van der Waals surface area contributed by atoms with E-state index in [1.807, 2.05) is 0 Å². The van der Waals surface area contributed by atoms with Crippen LogP contribution in [-0.2, 0) is 0 Å². The van der Waals surface area contributed by atoms with E-state index in [2.05, 4.69) is 11.8 Å². The minimum absolute atomic E-state index is 0.148. The van der Waals surface area contributed by atoms with Gasteiger partial charge in [-0.1, -0.05) is 6.92 Å². The number of carbonyl (C=O) groups excluding carboxylic acids is 1. The molecule has 1 amide bonds. The van der Waals surface area contributed by atoms with Gasteiger partial charge in [-0.25, -0.2) is 13.2 Å². The fourth-order valence-electron chi connectivity index (χ4n) is 2.35. The highest BCUT2D eigenvalue weighted by atomic mass is 19.2. The molecule has 6 heteroatoms. The summed E-state index contributed by atoms with van der Waals surface area (Å²) in [4.78, 5) is 15.9. The Labute approximate surface area is 116 Å². The highest BCUT2D eigenvalue weighted by molar-refractivity contribution is 5.94. The Morgan fingerprint density at radius 2 is 1.65 bits per heavy atom. The van der Waals surface area contributed by atoms with E-state index < -0.39 is 23.4 Å². The molecule has 1 aromatic rings. The second-order valence-electron chi connectivity index (χ2n) is 4.89. The van der Waals surface area contributed by atoms with Crippen LogP contribution in [0.5, 0.6) is 0 Å². The smallest absolute Gasteiger partial charge is 0.254 e. The van der Waals surface area contributed by atoms with Gasteiger partial charge in [-0.2, -0.15) is 0 Å². The average Bonchev–Trinajstić information content (AvgIpc) is 2.44. The Hall–Kier alpha value is -1.56. The highest BCUT2D eigenvalue weighted by Crippen LogP contribution is 2.16. The van der Waals surface area contributed by atoms with Gasteiger partial charge in [0.05, 0.1) is 0 Å². The van der Waals surface area contributed by atoms with Crippen molar-refractivity contribution in [2.45, 2.75) is 13.3 Å². The zero-order valence-electron chi connectivity index (χ0n) is 11.3. The minimum atomic E-state index is -1.55. The molecule has 0 spiro atoms. The number of hydrogen-bond donors (Lipinski definition) is 0. The number of amides is 1. The molecule has 0 bridgehead atoms. The van der Waals surface area contributed by atoms with Crippen LogP contribution >= 0.6 is 0 Å². The van der Waals surface area contributed by atoms with E-state index in [9.17, 15) is 18.0 Å². The molecule has 20 heavy (non-hydrogen) atoms. The van der Waals surface area contributed by atoms with Gasteiger partial charge in [0.15, 0.2) is 17.5 Å². The SMILES string of the molecule is CCCN1CCN(C(=O)c2cc(F)c(F)c(F)c2)CC1. The molecular formula is C14H17F3N2O. The van der Waals surface area contributed by atoms with E-state index in [1.165, 1.54) is 4.90 Å². The summed E-state index contributed by atoms with van der Waals surface area (Å²) in [5.41, 5.74) is -0.148. The largest absolute Gasteiger partial charge is 0.336 e. The molecule has 2 rings (SSSR count). The maximum atomic E-state index is 13.1. The van der Waals surface area contributed by atoms with Gasteiger partial charge in [0.2, 0.25) is 0 Å². The molecule has 1 heterocycles. The van der Waals surface area contributed by atoms with Crippen LogP contribution in [0.2, 0.25) is 0 Å². The number of piperazine rings is 1. The van der Waals surface area contributed by atoms with Gasteiger partial charge in [0.25, 0.3) is 5.91 Å². The van der Waals surface area contributed by atoms with Crippen molar-refractivity contribution in [3.05, 3.63) is 35.1 Å². The van der Waals surface area contributed by atoms with E-state index in [0.29, 0.717) is 13.1 Å². The molecule has 1 aliphatic rings. The lowest BCUT2D eigenvalue weighted by Crippen LogP contribution is -2.48. The molecular weight excluding hydrogens is 269 g/mol. The van der Waals surface area contributed by atoms with Gasteiger partial charge in [-0.3, -0.25) is 9.69 Å². The normalized spacial score (nSPS) is 16.5. The van der Waals surface area contributed by atoms with E-state index in [-0.39, 0.29) is 5.56 Å². The minimum Gasteiger partial charge on any atom is -0.336 e. The fourth-order valence-corrected chi connectivity index (χ4v) is 2.35. The van der Waals surface area contributed by atoms with Crippen LogP contribution in [-0.4, -0.2) is 48.4 Å². The van der Waals surface area contributed by atoms with Crippen molar-refractivity contribution < 1.29 is 18.0 Å². The summed E-state index contributed by atoms with van der Waals surface area (Å²) < 4.78 is 39.1. The first-order valence-electron chi connectivity index (χ1n) is 6.69. The number of nitrogens with zero attached hydrogens (tertiary/aromatic N) is 2.